The van der Waals surface area contributed by atoms with Gasteiger partial charge in [-0.1, -0.05) is 6.07 Å². The Balaban J connectivity index is 1.08. The molecule has 1 saturated carbocycles. The molecule has 4 heterocycles. The van der Waals surface area contributed by atoms with E-state index in [2.05, 4.69) is 31.9 Å². The van der Waals surface area contributed by atoms with Crippen LogP contribution >= 0.6 is 11.3 Å². The molecular weight excluding hydrogens is 583 g/mol. The summed E-state index contributed by atoms with van der Waals surface area (Å²) in [7, 11) is 0. The molecule has 1 atom stereocenters. The number of aromatic nitrogens is 2. The van der Waals surface area contributed by atoms with E-state index < -0.39 is 11.4 Å². The Morgan fingerprint density at radius 1 is 1.02 bits per heavy atom. The maximum atomic E-state index is 14.9. The van der Waals surface area contributed by atoms with Crippen molar-refractivity contribution in [2.24, 2.45) is 0 Å². The van der Waals surface area contributed by atoms with Gasteiger partial charge in [-0.05, 0) is 69.9 Å². The number of nitrogens with zero attached hydrogens (tertiary/aromatic N) is 3. The van der Waals surface area contributed by atoms with Crippen molar-refractivity contribution in [1.82, 2.24) is 25.5 Å². The van der Waals surface area contributed by atoms with E-state index in [0.717, 1.165) is 65.2 Å². The highest BCUT2D eigenvalue weighted by Crippen LogP contribution is 2.39. The number of nitrogens with one attached hydrogen (secondary N) is 3. The molecule has 2 fully saturated rings. The summed E-state index contributed by atoms with van der Waals surface area (Å²) < 4.78 is 27.0. The first-order chi connectivity index (χ1) is 21.1. The molecule has 4 aromatic rings. The topological polar surface area (TPSA) is 118 Å². The molecule has 10 nitrogen and oxygen atoms in total. The summed E-state index contributed by atoms with van der Waals surface area (Å²) >= 11 is 1.47. The number of urea groups is 1. The number of alkyl carbamates (subject to hydrolysis) is 1. The molecule has 0 unspecified atom stereocenters. The predicted molar refractivity (Wildman–Crippen MR) is 168 cm³/mol. The summed E-state index contributed by atoms with van der Waals surface area (Å²) in [6.45, 7) is 7.92. The minimum Gasteiger partial charge on any atom is -0.453 e. The van der Waals surface area contributed by atoms with Crippen LogP contribution in [0.2, 0.25) is 0 Å². The Morgan fingerprint density at radius 2 is 1.86 bits per heavy atom. The third kappa shape index (κ3) is 7.61. The second-order valence-corrected chi connectivity index (χ2v) is 13.2. The van der Waals surface area contributed by atoms with Crippen molar-refractivity contribution < 1.29 is 23.5 Å². The number of amides is 3. The molecule has 1 saturated heterocycles. The van der Waals surface area contributed by atoms with Crippen molar-refractivity contribution in [1.29, 1.82) is 0 Å². The van der Waals surface area contributed by atoms with E-state index in [9.17, 15) is 14.0 Å². The van der Waals surface area contributed by atoms with Gasteiger partial charge in [0.05, 0.1) is 20.8 Å². The van der Waals surface area contributed by atoms with E-state index in [0.29, 0.717) is 11.4 Å². The highest BCUT2D eigenvalue weighted by Gasteiger charge is 2.26. The van der Waals surface area contributed by atoms with Crippen LogP contribution in [0.15, 0.2) is 54.9 Å². The van der Waals surface area contributed by atoms with Gasteiger partial charge in [0.15, 0.2) is 11.6 Å². The Bertz CT molecular complexity index is 1670. The van der Waals surface area contributed by atoms with Crippen molar-refractivity contribution in [3.05, 3.63) is 66.2 Å². The molecule has 0 bridgehead atoms. The smallest absolute Gasteiger partial charge is 0.407 e. The molecule has 1 aliphatic heterocycles. The van der Waals surface area contributed by atoms with Crippen LogP contribution in [-0.4, -0.2) is 57.8 Å². The van der Waals surface area contributed by atoms with Gasteiger partial charge in [-0.25, -0.2) is 14.0 Å². The molecule has 230 valence electrons. The van der Waals surface area contributed by atoms with Crippen LogP contribution < -0.4 is 20.7 Å². The van der Waals surface area contributed by atoms with Gasteiger partial charge in [0.1, 0.15) is 11.4 Å². The lowest BCUT2D eigenvalue weighted by Gasteiger charge is -2.22. The Kier molecular flexibility index (Phi) is 8.37. The summed E-state index contributed by atoms with van der Waals surface area (Å²) in [4.78, 5) is 36.5. The zero-order valence-corrected chi connectivity index (χ0v) is 25.7. The number of fused-ring (bicyclic) bond motifs is 1. The molecule has 12 heteroatoms. The van der Waals surface area contributed by atoms with Crippen LogP contribution in [0.3, 0.4) is 0 Å². The Hall–Kier alpha value is -4.29. The van der Waals surface area contributed by atoms with E-state index in [4.69, 9.17) is 14.5 Å². The molecule has 3 aromatic heterocycles. The normalized spacial score (nSPS) is 17.0. The minimum atomic E-state index is -0.585. The maximum absolute atomic E-state index is 14.9. The van der Waals surface area contributed by atoms with Crippen LogP contribution in [0.5, 0.6) is 11.5 Å². The number of likely N-dealkylation sites (tertiary alicyclic amines) is 1. The minimum absolute atomic E-state index is 0.0496. The number of rotatable bonds is 8. The third-order valence-corrected chi connectivity index (χ3v) is 8.34. The first-order valence-electron chi connectivity index (χ1n) is 14.7. The monoisotopic (exact) mass is 618 g/mol. The molecule has 3 N–H and O–H groups in total. The summed E-state index contributed by atoms with van der Waals surface area (Å²) in [6.07, 6.45) is 5.92. The van der Waals surface area contributed by atoms with E-state index in [1.807, 2.05) is 39.1 Å². The van der Waals surface area contributed by atoms with Crippen LogP contribution in [-0.2, 0) is 11.3 Å². The zero-order chi connectivity index (χ0) is 30.8. The number of ether oxygens (including phenoxy) is 2. The molecule has 0 spiro atoms. The van der Waals surface area contributed by atoms with Crippen molar-refractivity contribution in [3.8, 4) is 22.1 Å². The van der Waals surface area contributed by atoms with Gasteiger partial charge in [-0.15, -0.1) is 11.3 Å². The number of carbonyl (C=O) groups excluding carboxylic acids is 2. The molecule has 0 radical (unpaired) electrons. The van der Waals surface area contributed by atoms with Gasteiger partial charge in [0.25, 0.3) is 0 Å². The van der Waals surface area contributed by atoms with Gasteiger partial charge in [0, 0.05) is 61.9 Å². The maximum Gasteiger partial charge on any atom is 0.407 e. The van der Waals surface area contributed by atoms with Crippen LogP contribution in [0, 0.1) is 5.82 Å². The molecular formula is C32H35FN6O4S. The highest BCUT2D eigenvalue weighted by atomic mass is 32.1. The van der Waals surface area contributed by atoms with E-state index in [1.165, 1.54) is 23.5 Å². The molecule has 3 amide bonds. The number of pyridine rings is 2. The fraction of sp³-hybridized carbons (Fsp3) is 0.375. The number of hydrogen-bond donors (Lipinski definition) is 3. The molecule has 1 aliphatic carbocycles. The first kappa shape index (κ1) is 29.8. The summed E-state index contributed by atoms with van der Waals surface area (Å²) in [5.74, 6) is -0.0516. The predicted octanol–water partition coefficient (Wildman–Crippen LogP) is 6.67. The molecule has 1 aromatic carbocycles. The second-order valence-electron chi connectivity index (χ2n) is 12.2. The van der Waals surface area contributed by atoms with Crippen molar-refractivity contribution in [2.45, 2.75) is 64.3 Å². The number of benzene rings is 1. The number of thiophene rings is 1. The van der Waals surface area contributed by atoms with Gasteiger partial charge in [-0.3, -0.25) is 14.9 Å². The van der Waals surface area contributed by atoms with Gasteiger partial charge in [0.2, 0.25) is 0 Å². The van der Waals surface area contributed by atoms with Gasteiger partial charge in [-0.2, -0.15) is 0 Å². The van der Waals surface area contributed by atoms with E-state index >= 15 is 0 Å². The summed E-state index contributed by atoms with van der Waals surface area (Å²) in [5, 5.41) is 8.43. The largest absolute Gasteiger partial charge is 0.453 e. The molecule has 2 aliphatic rings. The fourth-order valence-corrected chi connectivity index (χ4v) is 6.01. The number of carbonyl (C=O) groups is 2. The molecule has 44 heavy (non-hydrogen) atoms. The SMILES string of the molecule is CC(C)(C)OC(=O)N[C@H]1CCN(Cc2ccc(-c3cc4nccc(Oc5ccc(NC(=O)NC6CC6)cc5F)c4s3)nc2)C1. The van der Waals surface area contributed by atoms with Crippen molar-refractivity contribution in [2.75, 3.05) is 18.4 Å². The third-order valence-electron chi connectivity index (χ3n) is 7.17. The van der Waals surface area contributed by atoms with Crippen LogP contribution in [0.4, 0.5) is 19.7 Å². The van der Waals surface area contributed by atoms with Crippen LogP contribution in [0.1, 0.15) is 45.6 Å². The van der Waals surface area contributed by atoms with E-state index in [-0.39, 0.29) is 30.0 Å². The van der Waals surface area contributed by atoms with E-state index in [1.54, 1.807) is 18.3 Å². The Labute approximate surface area is 259 Å². The van der Waals surface area contributed by atoms with Gasteiger partial charge < -0.3 is 25.4 Å². The average Bonchev–Trinajstić information content (AvgIpc) is 3.47. The van der Waals surface area contributed by atoms with Crippen LogP contribution in [0.25, 0.3) is 20.8 Å². The average molecular weight is 619 g/mol. The number of anilines is 1. The number of halogens is 1. The fourth-order valence-electron chi connectivity index (χ4n) is 4.97. The Morgan fingerprint density at radius 3 is 2.59 bits per heavy atom. The first-order valence-corrected chi connectivity index (χ1v) is 15.5. The standard InChI is InChI=1S/C32H35FN6O4S/c1-32(2,3)43-31(41)38-22-11-13-39(18-22)17-19-4-8-24(35-16-19)28-15-25-29(44-28)27(10-12-34-25)42-26-9-7-21(14-23(26)33)37-30(40)36-20-5-6-20/h4,7-10,12,14-16,20,22H,5-6,11,13,17-18H2,1-3H3,(H,38,41)(H2,36,37,40)/t22-/m0/s1. The summed E-state index contributed by atoms with van der Waals surface area (Å²) in [6, 6.07) is 12.0. The quantitative estimate of drug-likeness (QED) is 0.202. The highest BCUT2D eigenvalue weighted by molar-refractivity contribution is 7.22. The second kappa shape index (κ2) is 12.4. The van der Waals surface area contributed by atoms with Gasteiger partial charge >= 0.3 is 12.1 Å². The zero-order valence-electron chi connectivity index (χ0n) is 24.9. The summed E-state index contributed by atoms with van der Waals surface area (Å²) in [5.41, 5.74) is 2.44. The number of hydrogen-bond acceptors (Lipinski definition) is 8. The molecule has 6 rings (SSSR count). The lowest BCUT2D eigenvalue weighted by atomic mass is 10.2. The van der Waals surface area contributed by atoms with Crippen molar-refractivity contribution in [3.63, 3.8) is 0 Å². The van der Waals surface area contributed by atoms with Crippen molar-refractivity contribution >= 4 is 39.4 Å². The lowest BCUT2D eigenvalue weighted by molar-refractivity contribution is 0.0505. The lowest BCUT2D eigenvalue weighted by Crippen LogP contribution is -2.40.